The van der Waals surface area contributed by atoms with E-state index < -0.39 is 18.0 Å². The van der Waals surface area contributed by atoms with Crippen molar-refractivity contribution < 1.29 is 28.5 Å². The molecule has 2 atom stereocenters. The van der Waals surface area contributed by atoms with Crippen LogP contribution in [0.3, 0.4) is 0 Å². The minimum Gasteiger partial charge on any atom is -0.493 e. The van der Waals surface area contributed by atoms with Crippen LogP contribution < -0.4 is 9.47 Å². The monoisotopic (exact) mass is 327 g/mol. The SMILES string of the molecule is COCCC(=O)N1CC[C@@H](Oc2ccc(F)cc2OC)[C@H](O)C1. The molecule has 128 valence electrons. The second kappa shape index (κ2) is 8.12. The largest absolute Gasteiger partial charge is 0.493 e. The van der Waals surface area contributed by atoms with E-state index in [9.17, 15) is 14.3 Å². The summed E-state index contributed by atoms with van der Waals surface area (Å²) in [6.45, 7) is 1.06. The topological polar surface area (TPSA) is 68.2 Å². The zero-order valence-corrected chi connectivity index (χ0v) is 13.3. The van der Waals surface area contributed by atoms with E-state index in [0.717, 1.165) is 0 Å². The zero-order chi connectivity index (χ0) is 16.8. The van der Waals surface area contributed by atoms with E-state index in [-0.39, 0.29) is 18.2 Å². The Morgan fingerprint density at radius 1 is 1.39 bits per heavy atom. The third-order valence-electron chi connectivity index (χ3n) is 3.80. The van der Waals surface area contributed by atoms with Crippen molar-refractivity contribution in [2.24, 2.45) is 0 Å². The highest BCUT2D eigenvalue weighted by Gasteiger charge is 2.31. The Morgan fingerprint density at radius 2 is 2.17 bits per heavy atom. The van der Waals surface area contributed by atoms with Gasteiger partial charge in [-0.25, -0.2) is 4.39 Å². The van der Waals surface area contributed by atoms with Crippen LogP contribution in [0.2, 0.25) is 0 Å². The molecular weight excluding hydrogens is 305 g/mol. The second-order valence-electron chi connectivity index (χ2n) is 5.39. The first-order valence-corrected chi connectivity index (χ1v) is 7.50. The molecule has 0 saturated carbocycles. The third-order valence-corrected chi connectivity index (χ3v) is 3.80. The zero-order valence-electron chi connectivity index (χ0n) is 13.3. The number of amides is 1. The number of hydrogen-bond donors (Lipinski definition) is 1. The molecule has 23 heavy (non-hydrogen) atoms. The average Bonchev–Trinajstić information content (AvgIpc) is 2.55. The third kappa shape index (κ3) is 4.56. The van der Waals surface area contributed by atoms with Crippen molar-refractivity contribution >= 4 is 5.91 Å². The molecule has 0 aromatic heterocycles. The molecule has 1 aliphatic rings. The van der Waals surface area contributed by atoms with Gasteiger partial charge in [0.15, 0.2) is 11.5 Å². The van der Waals surface area contributed by atoms with Gasteiger partial charge in [0.05, 0.1) is 26.7 Å². The molecule has 6 nitrogen and oxygen atoms in total. The first-order chi connectivity index (χ1) is 11.0. The normalized spacial score (nSPS) is 21.1. The van der Waals surface area contributed by atoms with Crippen LogP contribution in [-0.4, -0.2) is 62.0 Å². The van der Waals surface area contributed by atoms with E-state index in [1.165, 1.54) is 32.4 Å². The number of methoxy groups -OCH3 is 2. The molecule has 7 heteroatoms. The molecule has 1 fully saturated rings. The lowest BCUT2D eigenvalue weighted by Gasteiger charge is -2.36. The van der Waals surface area contributed by atoms with E-state index >= 15 is 0 Å². The van der Waals surface area contributed by atoms with Crippen LogP contribution in [0.5, 0.6) is 11.5 Å². The first kappa shape index (κ1) is 17.5. The standard InChI is InChI=1S/C16H22FNO5/c1-21-8-6-16(20)18-7-5-13(12(19)10-18)23-14-4-3-11(17)9-15(14)22-2/h3-4,9,12-13,19H,5-8,10H2,1-2H3/t12-,13-/m1/s1. The van der Waals surface area contributed by atoms with Crippen LogP contribution in [0.15, 0.2) is 18.2 Å². The fourth-order valence-electron chi connectivity index (χ4n) is 2.52. The van der Waals surface area contributed by atoms with Crippen molar-refractivity contribution in [3.8, 4) is 11.5 Å². The molecule has 1 saturated heterocycles. The summed E-state index contributed by atoms with van der Waals surface area (Å²) >= 11 is 0. The number of β-amino-alcohol motifs (C(OH)–C–C–N with tert-alkyl or cyclic N) is 1. The lowest BCUT2D eigenvalue weighted by atomic mass is 10.0. The number of carbonyl (C=O) groups is 1. The minimum atomic E-state index is -0.815. The number of nitrogens with zero attached hydrogens (tertiary/aromatic N) is 1. The lowest BCUT2D eigenvalue weighted by Crippen LogP contribution is -2.51. The molecular formula is C16H22FNO5. The second-order valence-corrected chi connectivity index (χ2v) is 5.39. The Morgan fingerprint density at radius 3 is 2.83 bits per heavy atom. The van der Waals surface area contributed by atoms with Gasteiger partial charge in [-0.3, -0.25) is 4.79 Å². The summed E-state index contributed by atoms with van der Waals surface area (Å²) in [6, 6.07) is 3.97. The molecule has 1 amide bonds. The quantitative estimate of drug-likeness (QED) is 0.851. The van der Waals surface area contributed by atoms with Gasteiger partial charge in [-0.1, -0.05) is 0 Å². The van der Waals surface area contributed by atoms with Gasteiger partial charge in [0.2, 0.25) is 5.91 Å². The maximum Gasteiger partial charge on any atom is 0.224 e. The Balaban J connectivity index is 1.95. The molecule has 1 aliphatic heterocycles. The summed E-state index contributed by atoms with van der Waals surface area (Å²) in [5.74, 6) is 0.171. The Bertz CT molecular complexity index is 539. The van der Waals surface area contributed by atoms with Crippen LogP contribution in [0, 0.1) is 5.82 Å². The van der Waals surface area contributed by atoms with Gasteiger partial charge < -0.3 is 24.2 Å². The van der Waals surface area contributed by atoms with E-state index in [4.69, 9.17) is 14.2 Å². The van der Waals surface area contributed by atoms with Crippen LogP contribution in [0.25, 0.3) is 0 Å². The van der Waals surface area contributed by atoms with Crippen molar-refractivity contribution in [3.63, 3.8) is 0 Å². The maximum absolute atomic E-state index is 13.2. The molecule has 0 spiro atoms. The van der Waals surface area contributed by atoms with Gasteiger partial charge in [-0.15, -0.1) is 0 Å². The summed E-state index contributed by atoms with van der Waals surface area (Å²) in [7, 11) is 2.97. The van der Waals surface area contributed by atoms with E-state index in [1.807, 2.05) is 0 Å². The van der Waals surface area contributed by atoms with Crippen molar-refractivity contribution in [2.45, 2.75) is 25.0 Å². The summed E-state index contributed by atoms with van der Waals surface area (Å²) in [5.41, 5.74) is 0. The molecule has 1 N–H and O–H groups in total. The Kier molecular flexibility index (Phi) is 6.18. The van der Waals surface area contributed by atoms with Gasteiger partial charge in [0.1, 0.15) is 18.0 Å². The smallest absolute Gasteiger partial charge is 0.224 e. The molecule has 0 radical (unpaired) electrons. The number of aliphatic hydroxyl groups excluding tert-OH is 1. The Labute approximate surface area is 134 Å². The van der Waals surface area contributed by atoms with Crippen molar-refractivity contribution in [3.05, 3.63) is 24.0 Å². The number of aliphatic hydroxyl groups is 1. The highest BCUT2D eigenvalue weighted by molar-refractivity contribution is 5.76. The fourth-order valence-corrected chi connectivity index (χ4v) is 2.52. The summed E-state index contributed by atoms with van der Waals surface area (Å²) in [4.78, 5) is 13.5. The fraction of sp³-hybridized carbons (Fsp3) is 0.562. The van der Waals surface area contributed by atoms with Gasteiger partial charge in [-0.05, 0) is 12.1 Å². The highest BCUT2D eigenvalue weighted by Crippen LogP contribution is 2.30. The van der Waals surface area contributed by atoms with Gasteiger partial charge in [0.25, 0.3) is 0 Å². The number of ether oxygens (including phenoxy) is 3. The van der Waals surface area contributed by atoms with Gasteiger partial charge in [-0.2, -0.15) is 0 Å². The number of rotatable bonds is 6. The summed E-state index contributed by atoms with van der Waals surface area (Å²) in [6.07, 6.45) is -0.508. The molecule has 1 aromatic rings. The molecule has 0 aliphatic carbocycles. The number of halogens is 1. The van der Waals surface area contributed by atoms with Crippen LogP contribution in [-0.2, 0) is 9.53 Å². The number of likely N-dealkylation sites (tertiary alicyclic amines) is 1. The molecule has 1 heterocycles. The van der Waals surface area contributed by atoms with Crippen LogP contribution in [0.1, 0.15) is 12.8 Å². The number of carbonyl (C=O) groups excluding carboxylic acids is 1. The number of hydrogen-bond acceptors (Lipinski definition) is 5. The predicted octanol–water partition coefficient (Wildman–Crippen LogP) is 1.21. The van der Waals surface area contributed by atoms with E-state index in [2.05, 4.69) is 0 Å². The molecule has 2 rings (SSSR count). The van der Waals surface area contributed by atoms with Crippen LogP contribution in [0.4, 0.5) is 4.39 Å². The number of benzene rings is 1. The molecule has 0 bridgehead atoms. The number of piperidine rings is 1. The van der Waals surface area contributed by atoms with E-state index in [1.54, 1.807) is 4.90 Å². The first-order valence-electron chi connectivity index (χ1n) is 7.50. The van der Waals surface area contributed by atoms with Gasteiger partial charge >= 0.3 is 0 Å². The van der Waals surface area contributed by atoms with Crippen LogP contribution >= 0.6 is 0 Å². The van der Waals surface area contributed by atoms with Gasteiger partial charge in [0, 0.05) is 26.1 Å². The maximum atomic E-state index is 13.2. The van der Waals surface area contributed by atoms with Crippen molar-refractivity contribution in [1.82, 2.24) is 4.90 Å². The summed E-state index contributed by atoms with van der Waals surface area (Å²) < 4.78 is 28.9. The lowest BCUT2D eigenvalue weighted by molar-refractivity contribution is -0.137. The van der Waals surface area contributed by atoms with Crippen molar-refractivity contribution in [1.29, 1.82) is 0 Å². The average molecular weight is 327 g/mol. The Hall–Kier alpha value is -1.86. The van der Waals surface area contributed by atoms with Crippen molar-refractivity contribution in [2.75, 3.05) is 33.9 Å². The predicted molar refractivity (Wildman–Crippen MR) is 81.1 cm³/mol. The summed E-state index contributed by atoms with van der Waals surface area (Å²) in [5, 5.41) is 10.2. The van der Waals surface area contributed by atoms with E-state index in [0.29, 0.717) is 31.7 Å². The molecule has 0 unspecified atom stereocenters. The molecule has 1 aromatic carbocycles. The highest BCUT2D eigenvalue weighted by atomic mass is 19.1. The minimum absolute atomic E-state index is 0.0521.